The number of hydrogen-bond acceptors (Lipinski definition) is 4. The van der Waals surface area contributed by atoms with E-state index in [0.717, 1.165) is 4.88 Å². The van der Waals surface area contributed by atoms with Crippen LogP contribution >= 0.6 is 34.7 Å². The molecule has 21 heavy (non-hydrogen) atoms. The number of thiophene rings is 1. The molecule has 0 saturated heterocycles. The fourth-order valence-electron chi connectivity index (χ4n) is 1.68. The molecule has 0 saturated carbocycles. The van der Waals surface area contributed by atoms with Crippen LogP contribution in [0.4, 0.5) is 8.78 Å². The van der Waals surface area contributed by atoms with Gasteiger partial charge in [0.1, 0.15) is 5.03 Å². The number of rotatable bonds is 5. The van der Waals surface area contributed by atoms with Gasteiger partial charge in [0.05, 0.1) is 16.4 Å². The van der Waals surface area contributed by atoms with E-state index in [4.69, 9.17) is 11.6 Å². The quantitative estimate of drug-likeness (QED) is 0.752. The average molecular weight is 349 g/mol. The van der Waals surface area contributed by atoms with Crippen molar-refractivity contribution in [2.75, 3.05) is 7.05 Å². The summed E-state index contributed by atoms with van der Waals surface area (Å²) in [7, 11) is 1.61. The van der Waals surface area contributed by atoms with Crippen LogP contribution in [0.5, 0.6) is 0 Å². The second kappa shape index (κ2) is 7.20. The molecule has 0 aliphatic heterocycles. The Bertz CT molecular complexity index is 636. The first kappa shape index (κ1) is 16.2. The van der Waals surface area contributed by atoms with Crippen LogP contribution in [-0.2, 0) is 6.54 Å². The first-order chi connectivity index (χ1) is 9.97. The van der Waals surface area contributed by atoms with Crippen molar-refractivity contribution in [2.24, 2.45) is 0 Å². The van der Waals surface area contributed by atoms with E-state index < -0.39 is 5.76 Å². The summed E-state index contributed by atoms with van der Waals surface area (Å²) in [6.45, 7) is 0.365. The number of nitrogens with zero attached hydrogens (tertiary/aromatic N) is 2. The number of carbonyl (C=O) groups excluding carboxylic acids is 1. The number of thioether (sulfide) groups is 1. The van der Waals surface area contributed by atoms with Gasteiger partial charge >= 0.3 is 0 Å². The maximum Gasteiger partial charge on any atom is 0.290 e. The third-order valence-corrected chi connectivity index (χ3v) is 4.51. The highest BCUT2D eigenvalue weighted by molar-refractivity contribution is 7.99. The zero-order chi connectivity index (χ0) is 15.4. The monoisotopic (exact) mass is 348 g/mol. The van der Waals surface area contributed by atoms with Crippen LogP contribution in [0.1, 0.15) is 15.2 Å². The Hall–Kier alpha value is -1.18. The summed E-state index contributed by atoms with van der Waals surface area (Å²) >= 11 is 7.49. The molecule has 1 amide bonds. The lowest BCUT2D eigenvalue weighted by molar-refractivity contribution is 0.0782. The molecule has 2 aromatic rings. The van der Waals surface area contributed by atoms with Crippen molar-refractivity contribution in [1.29, 1.82) is 0 Å². The van der Waals surface area contributed by atoms with E-state index in [9.17, 15) is 13.6 Å². The Balaban J connectivity index is 2.15. The predicted octanol–water partition coefficient (Wildman–Crippen LogP) is 4.38. The molecule has 2 heterocycles. The number of aromatic nitrogens is 1. The standard InChI is InChI=1S/C13H11ClF2N2OS2/c1-18(7-8-4-5-10(14)20-8)12(19)9-3-2-6-17-11(9)21-13(15)16/h2-6,13H,7H2,1H3. The molecule has 0 fully saturated rings. The fraction of sp³-hybridized carbons (Fsp3) is 0.231. The van der Waals surface area contributed by atoms with Crippen LogP contribution < -0.4 is 0 Å². The van der Waals surface area contributed by atoms with Crippen LogP contribution in [0.2, 0.25) is 4.34 Å². The third kappa shape index (κ3) is 4.39. The van der Waals surface area contributed by atoms with Crippen molar-refractivity contribution in [1.82, 2.24) is 9.88 Å². The average Bonchev–Trinajstić information content (AvgIpc) is 2.83. The molecule has 0 N–H and O–H groups in total. The minimum absolute atomic E-state index is 0.0357. The van der Waals surface area contributed by atoms with Gasteiger partial charge in [-0.1, -0.05) is 11.6 Å². The zero-order valence-electron chi connectivity index (χ0n) is 10.9. The lowest BCUT2D eigenvalue weighted by atomic mass is 10.2. The largest absolute Gasteiger partial charge is 0.336 e. The summed E-state index contributed by atoms with van der Waals surface area (Å²) in [5.74, 6) is -2.97. The van der Waals surface area contributed by atoms with Crippen LogP contribution in [-0.4, -0.2) is 28.6 Å². The van der Waals surface area contributed by atoms with Gasteiger partial charge in [-0.2, -0.15) is 8.78 Å². The maximum atomic E-state index is 12.5. The van der Waals surface area contributed by atoms with E-state index in [1.165, 1.54) is 28.5 Å². The van der Waals surface area contributed by atoms with Crippen molar-refractivity contribution in [3.8, 4) is 0 Å². The van der Waals surface area contributed by atoms with Gasteiger partial charge in [0, 0.05) is 18.1 Å². The zero-order valence-corrected chi connectivity index (χ0v) is 13.3. The van der Waals surface area contributed by atoms with E-state index in [-0.39, 0.29) is 28.3 Å². The topological polar surface area (TPSA) is 33.2 Å². The molecule has 8 heteroatoms. The molecule has 0 aromatic carbocycles. The van der Waals surface area contributed by atoms with E-state index >= 15 is 0 Å². The SMILES string of the molecule is CN(Cc1ccc(Cl)s1)C(=O)c1cccnc1SC(F)F. The molecule has 0 atom stereocenters. The van der Waals surface area contributed by atoms with E-state index in [1.807, 2.05) is 6.07 Å². The molecular formula is C13H11ClF2N2OS2. The molecule has 112 valence electrons. The van der Waals surface area contributed by atoms with E-state index in [1.54, 1.807) is 19.2 Å². The van der Waals surface area contributed by atoms with Crippen LogP contribution in [0.3, 0.4) is 0 Å². The highest BCUT2D eigenvalue weighted by Gasteiger charge is 2.20. The Morgan fingerprint density at radius 2 is 2.24 bits per heavy atom. The molecule has 0 aliphatic carbocycles. The normalized spacial score (nSPS) is 10.9. The van der Waals surface area contributed by atoms with Gasteiger partial charge in [-0.3, -0.25) is 4.79 Å². The molecule has 0 unspecified atom stereocenters. The number of alkyl halides is 2. The van der Waals surface area contributed by atoms with Gasteiger partial charge in [0.25, 0.3) is 11.7 Å². The number of hydrogen-bond donors (Lipinski definition) is 0. The van der Waals surface area contributed by atoms with Gasteiger partial charge in [0.15, 0.2) is 0 Å². The molecule has 2 rings (SSSR count). The van der Waals surface area contributed by atoms with Crippen molar-refractivity contribution >= 4 is 40.6 Å². The molecule has 0 bridgehead atoms. The minimum Gasteiger partial charge on any atom is -0.336 e. The second-order valence-corrected chi connectivity index (χ2v) is 6.88. The Kier molecular flexibility index (Phi) is 5.55. The third-order valence-electron chi connectivity index (χ3n) is 2.57. The maximum absolute atomic E-state index is 12.5. The Labute approximate surface area is 133 Å². The van der Waals surface area contributed by atoms with Crippen molar-refractivity contribution in [3.63, 3.8) is 0 Å². The molecule has 0 aliphatic rings. The first-order valence-corrected chi connectivity index (χ1v) is 7.94. The van der Waals surface area contributed by atoms with Gasteiger partial charge in [-0.05, 0) is 36.0 Å². The van der Waals surface area contributed by atoms with Gasteiger partial charge in [0.2, 0.25) is 0 Å². The van der Waals surface area contributed by atoms with Crippen LogP contribution in [0.15, 0.2) is 35.5 Å². The predicted molar refractivity (Wildman–Crippen MR) is 81.2 cm³/mol. The second-order valence-electron chi connectivity index (χ2n) is 4.10. The van der Waals surface area contributed by atoms with Crippen molar-refractivity contribution in [2.45, 2.75) is 17.3 Å². The number of pyridine rings is 1. The summed E-state index contributed by atoms with van der Waals surface area (Å²) in [5.41, 5.74) is 0.174. The number of halogens is 3. The van der Waals surface area contributed by atoms with Crippen molar-refractivity contribution < 1.29 is 13.6 Å². The smallest absolute Gasteiger partial charge is 0.290 e. The highest BCUT2D eigenvalue weighted by Crippen LogP contribution is 2.28. The summed E-state index contributed by atoms with van der Waals surface area (Å²) in [4.78, 5) is 18.6. The fourth-order valence-corrected chi connectivity index (χ4v) is 3.39. The number of amides is 1. The lowest BCUT2D eigenvalue weighted by Gasteiger charge is -2.17. The Morgan fingerprint density at radius 3 is 2.86 bits per heavy atom. The first-order valence-electron chi connectivity index (χ1n) is 5.87. The molecule has 2 aromatic heterocycles. The lowest BCUT2D eigenvalue weighted by Crippen LogP contribution is -2.26. The molecule has 0 radical (unpaired) electrons. The summed E-state index contributed by atoms with van der Waals surface area (Å²) < 4.78 is 25.6. The van der Waals surface area contributed by atoms with Crippen LogP contribution in [0, 0.1) is 0 Å². The Morgan fingerprint density at radius 1 is 1.48 bits per heavy atom. The van der Waals surface area contributed by atoms with Gasteiger partial charge in [-0.15, -0.1) is 11.3 Å². The van der Waals surface area contributed by atoms with E-state index in [0.29, 0.717) is 10.9 Å². The van der Waals surface area contributed by atoms with Gasteiger partial charge < -0.3 is 4.90 Å². The summed E-state index contributed by atoms with van der Waals surface area (Å²) in [6, 6.07) is 6.63. The van der Waals surface area contributed by atoms with E-state index in [2.05, 4.69) is 4.98 Å². The number of carbonyl (C=O) groups is 1. The molecular weight excluding hydrogens is 338 g/mol. The molecule has 3 nitrogen and oxygen atoms in total. The minimum atomic E-state index is -2.62. The van der Waals surface area contributed by atoms with Crippen LogP contribution in [0.25, 0.3) is 0 Å². The highest BCUT2D eigenvalue weighted by atomic mass is 35.5. The summed E-state index contributed by atoms with van der Waals surface area (Å²) in [6.07, 6.45) is 1.39. The van der Waals surface area contributed by atoms with Gasteiger partial charge in [-0.25, -0.2) is 4.98 Å². The van der Waals surface area contributed by atoms with Crippen molar-refractivity contribution in [3.05, 3.63) is 45.2 Å². The molecule has 0 spiro atoms. The summed E-state index contributed by atoms with van der Waals surface area (Å²) in [5, 5.41) is 0.0357.